The van der Waals surface area contributed by atoms with Gasteiger partial charge in [-0.1, -0.05) is 12.1 Å². The Morgan fingerprint density at radius 3 is 2.62 bits per heavy atom. The van der Waals surface area contributed by atoms with Crippen molar-refractivity contribution in [3.05, 3.63) is 29.8 Å². The third-order valence-electron chi connectivity index (χ3n) is 2.43. The molecule has 16 heavy (non-hydrogen) atoms. The molecule has 4 heteroatoms. The molecule has 0 atom stereocenters. The van der Waals surface area contributed by atoms with Gasteiger partial charge in [0.1, 0.15) is 0 Å². The van der Waals surface area contributed by atoms with Crippen LogP contribution < -0.4 is 11.5 Å². The fraction of sp³-hybridized carbons (Fsp3) is 0.417. The number of nitrogens with two attached hydrogens (primary N) is 2. The molecule has 0 unspecified atom stereocenters. The number of nitrogens with zero attached hydrogens (tertiary/aromatic N) is 1. The second-order valence-electron chi connectivity index (χ2n) is 4.21. The van der Waals surface area contributed by atoms with Gasteiger partial charge in [-0.2, -0.15) is 0 Å². The summed E-state index contributed by atoms with van der Waals surface area (Å²) in [5.41, 5.74) is 12.7. The van der Waals surface area contributed by atoms with Gasteiger partial charge in [0.2, 0.25) is 5.91 Å². The van der Waals surface area contributed by atoms with Crippen LogP contribution in [0.15, 0.2) is 24.3 Å². The minimum Gasteiger partial charge on any atom is -0.399 e. The molecule has 4 N–H and O–H groups in total. The Labute approximate surface area is 96.2 Å². The van der Waals surface area contributed by atoms with Crippen LogP contribution in [0.25, 0.3) is 0 Å². The Hall–Kier alpha value is -1.55. The molecule has 0 heterocycles. The first-order chi connectivity index (χ1) is 7.49. The predicted molar refractivity (Wildman–Crippen MR) is 65.6 cm³/mol. The zero-order chi connectivity index (χ0) is 12.1. The molecular weight excluding hydrogens is 202 g/mol. The van der Waals surface area contributed by atoms with Crippen LogP contribution in [-0.4, -0.2) is 23.4 Å². The molecule has 0 spiro atoms. The van der Waals surface area contributed by atoms with Crippen molar-refractivity contribution in [2.75, 3.05) is 12.3 Å². The van der Waals surface area contributed by atoms with Crippen LogP contribution >= 0.6 is 0 Å². The minimum absolute atomic E-state index is 0.270. The molecule has 88 valence electrons. The lowest BCUT2D eigenvalue weighted by atomic mass is 10.1. The lowest BCUT2D eigenvalue weighted by Gasteiger charge is -2.25. The molecule has 0 aliphatic carbocycles. The predicted octanol–water partition coefficient (Wildman–Crippen LogP) is 0.964. The highest BCUT2D eigenvalue weighted by molar-refractivity contribution is 5.75. The number of amides is 1. The van der Waals surface area contributed by atoms with Crippen LogP contribution in [0.4, 0.5) is 5.69 Å². The van der Waals surface area contributed by atoms with Crippen LogP contribution in [0.2, 0.25) is 0 Å². The maximum absolute atomic E-state index is 10.9. The third kappa shape index (κ3) is 3.90. The monoisotopic (exact) mass is 221 g/mol. The van der Waals surface area contributed by atoms with Crippen LogP contribution in [0.3, 0.4) is 0 Å². The van der Waals surface area contributed by atoms with E-state index in [-0.39, 0.29) is 18.5 Å². The smallest absolute Gasteiger partial charge is 0.231 e. The number of rotatable bonds is 5. The van der Waals surface area contributed by atoms with E-state index < -0.39 is 0 Å². The largest absolute Gasteiger partial charge is 0.399 e. The summed E-state index contributed by atoms with van der Waals surface area (Å²) in [6, 6.07) is 7.93. The molecule has 0 saturated carbocycles. The summed E-state index contributed by atoms with van der Waals surface area (Å²) < 4.78 is 0. The van der Waals surface area contributed by atoms with Gasteiger partial charge < -0.3 is 11.5 Å². The fourth-order valence-electron chi connectivity index (χ4n) is 1.55. The Bertz CT molecular complexity index is 363. The van der Waals surface area contributed by atoms with E-state index in [0.29, 0.717) is 6.54 Å². The van der Waals surface area contributed by atoms with Crippen LogP contribution in [0, 0.1) is 0 Å². The summed E-state index contributed by atoms with van der Waals surface area (Å²) in [5.74, 6) is -0.308. The normalized spacial score (nSPS) is 11.0. The molecule has 0 fully saturated rings. The summed E-state index contributed by atoms with van der Waals surface area (Å²) in [6.07, 6.45) is 0. The summed E-state index contributed by atoms with van der Waals surface area (Å²) in [7, 11) is 0. The summed E-state index contributed by atoms with van der Waals surface area (Å²) >= 11 is 0. The standard InChI is InChI=1S/C12H19N3O/c1-9(2)15(8-12(14)16)7-10-4-3-5-11(13)6-10/h3-6,9H,7-8,13H2,1-2H3,(H2,14,16). The second kappa shape index (κ2) is 5.51. The van der Waals surface area contributed by atoms with Crippen molar-refractivity contribution >= 4 is 11.6 Å². The molecule has 0 aliphatic heterocycles. The van der Waals surface area contributed by atoms with Gasteiger partial charge in [-0.05, 0) is 31.5 Å². The van der Waals surface area contributed by atoms with E-state index in [0.717, 1.165) is 11.3 Å². The molecule has 0 aromatic heterocycles. The van der Waals surface area contributed by atoms with E-state index in [2.05, 4.69) is 0 Å². The van der Waals surface area contributed by atoms with E-state index in [4.69, 9.17) is 11.5 Å². The van der Waals surface area contributed by atoms with Crippen molar-refractivity contribution in [3.63, 3.8) is 0 Å². The lowest BCUT2D eigenvalue weighted by Crippen LogP contribution is -2.37. The lowest BCUT2D eigenvalue weighted by molar-refractivity contribution is -0.119. The average Bonchev–Trinajstić information content (AvgIpc) is 2.15. The number of hydrogen-bond donors (Lipinski definition) is 2. The molecule has 0 saturated heterocycles. The number of hydrogen-bond acceptors (Lipinski definition) is 3. The fourth-order valence-corrected chi connectivity index (χ4v) is 1.55. The van der Waals surface area contributed by atoms with Crippen molar-refractivity contribution in [1.82, 2.24) is 4.90 Å². The van der Waals surface area contributed by atoms with Gasteiger partial charge in [-0.15, -0.1) is 0 Å². The van der Waals surface area contributed by atoms with E-state index in [1.54, 1.807) is 0 Å². The average molecular weight is 221 g/mol. The molecule has 1 aromatic rings. The Kier molecular flexibility index (Phi) is 4.31. The Balaban J connectivity index is 2.71. The van der Waals surface area contributed by atoms with E-state index in [1.165, 1.54) is 0 Å². The summed E-state index contributed by atoms with van der Waals surface area (Å²) in [6.45, 7) is 5.03. The SMILES string of the molecule is CC(C)N(CC(N)=O)Cc1cccc(N)c1. The number of carbonyl (C=O) groups excluding carboxylic acids is 1. The van der Waals surface area contributed by atoms with Gasteiger partial charge in [0, 0.05) is 18.3 Å². The van der Waals surface area contributed by atoms with Gasteiger partial charge in [-0.3, -0.25) is 9.69 Å². The zero-order valence-corrected chi connectivity index (χ0v) is 9.81. The van der Waals surface area contributed by atoms with Gasteiger partial charge in [0.05, 0.1) is 6.54 Å². The first-order valence-corrected chi connectivity index (χ1v) is 5.36. The summed E-state index contributed by atoms with van der Waals surface area (Å²) in [5, 5.41) is 0. The van der Waals surface area contributed by atoms with Gasteiger partial charge >= 0.3 is 0 Å². The Morgan fingerprint density at radius 2 is 2.12 bits per heavy atom. The van der Waals surface area contributed by atoms with Crippen molar-refractivity contribution in [2.24, 2.45) is 5.73 Å². The topological polar surface area (TPSA) is 72.3 Å². The minimum atomic E-state index is -0.308. The van der Waals surface area contributed by atoms with Crippen molar-refractivity contribution in [2.45, 2.75) is 26.4 Å². The molecule has 1 rings (SSSR count). The summed E-state index contributed by atoms with van der Waals surface area (Å²) in [4.78, 5) is 12.9. The number of anilines is 1. The highest BCUT2D eigenvalue weighted by Gasteiger charge is 2.12. The molecular formula is C12H19N3O. The number of nitrogen functional groups attached to an aromatic ring is 1. The number of carbonyl (C=O) groups is 1. The zero-order valence-electron chi connectivity index (χ0n) is 9.81. The van der Waals surface area contributed by atoms with Crippen LogP contribution in [-0.2, 0) is 11.3 Å². The van der Waals surface area contributed by atoms with Gasteiger partial charge in [-0.25, -0.2) is 0 Å². The molecule has 1 aromatic carbocycles. The third-order valence-corrected chi connectivity index (χ3v) is 2.43. The van der Waals surface area contributed by atoms with E-state index >= 15 is 0 Å². The second-order valence-corrected chi connectivity index (χ2v) is 4.21. The highest BCUT2D eigenvalue weighted by atomic mass is 16.1. The van der Waals surface area contributed by atoms with E-state index in [1.807, 2.05) is 43.0 Å². The molecule has 0 bridgehead atoms. The maximum atomic E-state index is 10.9. The van der Waals surface area contributed by atoms with Crippen molar-refractivity contribution in [1.29, 1.82) is 0 Å². The van der Waals surface area contributed by atoms with Gasteiger partial charge in [0.25, 0.3) is 0 Å². The van der Waals surface area contributed by atoms with Crippen LogP contribution in [0.1, 0.15) is 19.4 Å². The first kappa shape index (κ1) is 12.5. The van der Waals surface area contributed by atoms with Crippen molar-refractivity contribution < 1.29 is 4.79 Å². The van der Waals surface area contributed by atoms with Crippen LogP contribution in [0.5, 0.6) is 0 Å². The quantitative estimate of drug-likeness (QED) is 0.727. The molecule has 0 aliphatic rings. The molecule has 4 nitrogen and oxygen atoms in total. The molecule has 1 amide bonds. The highest BCUT2D eigenvalue weighted by Crippen LogP contribution is 2.11. The van der Waals surface area contributed by atoms with Crippen molar-refractivity contribution in [3.8, 4) is 0 Å². The first-order valence-electron chi connectivity index (χ1n) is 5.36. The van der Waals surface area contributed by atoms with E-state index in [9.17, 15) is 4.79 Å². The number of benzene rings is 1. The van der Waals surface area contributed by atoms with Gasteiger partial charge in [0.15, 0.2) is 0 Å². The Morgan fingerprint density at radius 1 is 1.44 bits per heavy atom. The maximum Gasteiger partial charge on any atom is 0.231 e. The molecule has 0 radical (unpaired) electrons. The number of primary amides is 1.